The first-order valence-electron chi connectivity index (χ1n) is 6.99. The van der Waals surface area contributed by atoms with E-state index in [-0.39, 0.29) is 0 Å². The Morgan fingerprint density at radius 1 is 1.21 bits per heavy atom. The summed E-state index contributed by atoms with van der Waals surface area (Å²) in [7, 11) is 0. The molecule has 0 bridgehead atoms. The van der Waals surface area contributed by atoms with Crippen LogP contribution in [0.4, 0.5) is 0 Å². The van der Waals surface area contributed by atoms with E-state index < -0.39 is 0 Å². The van der Waals surface area contributed by atoms with Crippen molar-refractivity contribution < 1.29 is 4.74 Å². The fraction of sp³-hybridized carbons (Fsp3) is 0.467. The van der Waals surface area contributed by atoms with E-state index in [1.807, 2.05) is 6.20 Å². The molecule has 102 valence electrons. The molecule has 0 saturated carbocycles. The van der Waals surface area contributed by atoms with Crippen molar-refractivity contribution in [3.8, 4) is 0 Å². The van der Waals surface area contributed by atoms with Gasteiger partial charge in [-0.3, -0.25) is 4.90 Å². The summed E-state index contributed by atoms with van der Waals surface area (Å²) in [6, 6.07) is 8.69. The molecule has 1 aliphatic heterocycles. The number of hydrogen-bond donors (Lipinski definition) is 2. The van der Waals surface area contributed by atoms with E-state index in [0.717, 1.165) is 45.9 Å². The number of H-pyrrole nitrogens is 1. The number of rotatable bonds is 5. The molecule has 0 atom stereocenters. The zero-order valence-electron chi connectivity index (χ0n) is 11.2. The van der Waals surface area contributed by atoms with Gasteiger partial charge < -0.3 is 15.0 Å². The van der Waals surface area contributed by atoms with Crippen molar-refractivity contribution in [3.05, 3.63) is 36.0 Å². The first-order chi connectivity index (χ1) is 9.42. The standard InChI is InChI=1S/C15H21N3O/c1-2-15-14(3-4-17-15)11-13(1)12-16-5-6-18-7-9-19-10-8-18/h1-4,11,16-17H,5-10,12H2. The van der Waals surface area contributed by atoms with Gasteiger partial charge in [-0.1, -0.05) is 6.07 Å². The third kappa shape index (κ3) is 3.35. The molecule has 0 radical (unpaired) electrons. The minimum atomic E-state index is 0.879. The van der Waals surface area contributed by atoms with Gasteiger partial charge in [-0.15, -0.1) is 0 Å². The zero-order chi connectivity index (χ0) is 12.9. The number of ether oxygens (including phenoxy) is 1. The fourth-order valence-electron chi connectivity index (χ4n) is 2.51. The van der Waals surface area contributed by atoms with Crippen LogP contribution in [0.1, 0.15) is 5.56 Å². The lowest BCUT2D eigenvalue weighted by atomic mass is 10.1. The fourth-order valence-corrected chi connectivity index (χ4v) is 2.51. The Labute approximate surface area is 113 Å². The molecule has 1 aliphatic rings. The largest absolute Gasteiger partial charge is 0.379 e. The predicted octanol–water partition coefficient (Wildman–Crippen LogP) is 1.59. The molecular weight excluding hydrogens is 238 g/mol. The summed E-state index contributed by atoms with van der Waals surface area (Å²) < 4.78 is 5.34. The highest BCUT2D eigenvalue weighted by molar-refractivity contribution is 5.79. The molecule has 1 aromatic heterocycles. The Morgan fingerprint density at radius 3 is 3.00 bits per heavy atom. The number of aromatic nitrogens is 1. The monoisotopic (exact) mass is 259 g/mol. The van der Waals surface area contributed by atoms with Gasteiger partial charge in [0.05, 0.1) is 13.2 Å². The van der Waals surface area contributed by atoms with Gasteiger partial charge in [0.1, 0.15) is 0 Å². The molecule has 4 heteroatoms. The SMILES string of the molecule is c1cc2cc(CNCCN3CCOCC3)ccc2[nH]1. The minimum Gasteiger partial charge on any atom is -0.379 e. The van der Waals surface area contributed by atoms with Gasteiger partial charge >= 0.3 is 0 Å². The summed E-state index contributed by atoms with van der Waals surface area (Å²) in [5.74, 6) is 0. The van der Waals surface area contributed by atoms with E-state index in [9.17, 15) is 0 Å². The quantitative estimate of drug-likeness (QED) is 0.801. The third-order valence-electron chi connectivity index (χ3n) is 3.66. The molecule has 0 unspecified atom stereocenters. The molecule has 19 heavy (non-hydrogen) atoms. The van der Waals surface area contributed by atoms with E-state index in [4.69, 9.17) is 4.74 Å². The Bertz CT molecular complexity index is 517. The molecule has 2 aromatic rings. The number of nitrogens with one attached hydrogen (secondary N) is 2. The Hall–Kier alpha value is -1.36. The highest BCUT2D eigenvalue weighted by Crippen LogP contribution is 2.13. The molecule has 4 nitrogen and oxygen atoms in total. The maximum absolute atomic E-state index is 5.34. The van der Waals surface area contributed by atoms with Crippen molar-refractivity contribution in [1.82, 2.24) is 15.2 Å². The number of fused-ring (bicyclic) bond motifs is 1. The molecule has 2 heterocycles. The summed E-state index contributed by atoms with van der Waals surface area (Å²) in [5, 5.41) is 4.80. The number of benzene rings is 1. The maximum Gasteiger partial charge on any atom is 0.0594 e. The van der Waals surface area contributed by atoms with Gasteiger partial charge in [-0.05, 0) is 29.1 Å². The van der Waals surface area contributed by atoms with Crippen LogP contribution in [0, 0.1) is 0 Å². The minimum absolute atomic E-state index is 0.879. The molecule has 1 fully saturated rings. The van der Waals surface area contributed by atoms with Gasteiger partial charge in [0.2, 0.25) is 0 Å². The second-order valence-corrected chi connectivity index (χ2v) is 5.03. The van der Waals surface area contributed by atoms with Crippen molar-refractivity contribution in [1.29, 1.82) is 0 Å². The highest BCUT2D eigenvalue weighted by atomic mass is 16.5. The second-order valence-electron chi connectivity index (χ2n) is 5.03. The second kappa shape index (κ2) is 6.19. The van der Waals surface area contributed by atoms with Crippen molar-refractivity contribution in [2.24, 2.45) is 0 Å². The van der Waals surface area contributed by atoms with Crippen LogP contribution in [-0.4, -0.2) is 49.3 Å². The van der Waals surface area contributed by atoms with E-state index in [1.54, 1.807) is 0 Å². The summed E-state index contributed by atoms with van der Waals surface area (Å²) in [6.45, 7) is 6.97. The van der Waals surface area contributed by atoms with Crippen LogP contribution < -0.4 is 5.32 Å². The van der Waals surface area contributed by atoms with Gasteiger partial charge in [-0.2, -0.15) is 0 Å². The Kier molecular flexibility index (Phi) is 4.13. The van der Waals surface area contributed by atoms with Crippen LogP contribution in [0.5, 0.6) is 0 Å². The van der Waals surface area contributed by atoms with Gasteiger partial charge in [-0.25, -0.2) is 0 Å². The molecule has 0 spiro atoms. The van der Waals surface area contributed by atoms with E-state index in [0.29, 0.717) is 0 Å². The molecule has 3 rings (SSSR count). The maximum atomic E-state index is 5.34. The predicted molar refractivity (Wildman–Crippen MR) is 77.3 cm³/mol. The molecule has 0 aliphatic carbocycles. The lowest BCUT2D eigenvalue weighted by molar-refractivity contribution is 0.0384. The Morgan fingerprint density at radius 2 is 2.11 bits per heavy atom. The van der Waals surface area contributed by atoms with Crippen LogP contribution in [0.25, 0.3) is 10.9 Å². The van der Waals surface area contributed by atoms with Crippen molar-refractivity contribution >= 4 is 10.9 Å². The topological polar surface area (TPSA) is 40.3 Å². The number of nitrogens with zero attached hydrogens (tertiary/aromatic N) is 1. The smallest absolute Gasteiger partial charge is 0.0594 e. The van der Waals surface area contributed by atoms with E-state index >= 15 is 0 Å². The number of hydrogen-bond acceptors (Lipinski definition) is 3. The van der Waals surface area contributed by atoms with Gasteiger partial charge in [0.15, 0.2) is 0 Å². The molecule has 2 N–H and O–H groups in total. The molecule has 1 aromatic carbocycles. The number of morpholine rings is 1. The summed E-state index contributed by atoms with van der Waals surface area (Å²) >= 11 is 0. The molecular formula is C15H21N3O. The van der Waals surface area contributed by atoms with E-state index in [2.05, 4.69) is 39.5 Å². The average Bonchev–Trinajstić information content (AvgIpc) is 2.92. The van der Waals surface area contributed by atoms with Crippen LogP contribution in [0.15, 0.2) is 30.5 Å². The van der Waals surface area contributed by atoms with Crippen molar-refractivity contribution in [2.45, 2.75) is 6.54 Å². The van der Waals surface area contributed by atoms with Crippen molar-refractivity contribution in [3.63, 3.8) is 0 Å². The summed E-state index contributed by atoms with van der Waals surface area (Å²) in [5.41, 5.74) is 2.55. The van der Waals surface area contributed by atoms with Crippen LogP contribution >= 0.6 is 0 Å². The van der Waals surface area contributed by atoms with Crippen LogP contribution in [-0.2, 0) is 11.3 Å². The molecule has 0 amide bonds. The normalized spacial score (nSPS) is 17.1. The van der Waals surface area contributed by atoms with E-state index in [1.165, 1.54) is 16.5 Å². The number of aromatic amines is 1. The van der Waals surface area contributed by atoms with Gasteiger partial charge in [0, 0.05) is 44.4 Å². The highest BCUT2D eigenvalue weighted by Gasteiger charge is 2.08. The van der Waals surface area contributed by atoms with Crippen LogP contribution in [0.3, 0.4) is 0 Å². The summed E-state index contributed by atoms with van der Waals surface area (Å²) in [6.07, 6.45) is 1.99. The van der Waals surface area contributed by atoms with Crippen molar-refractivity contribution in [2.75, 3.05) is 39.4 Å². The lowest BCUT2D eigenvalue weighted by Gasteiger charge is -2.26. The zero-order valence-corrected chi connectivity index (χ0v) is 11.2. The average molecular weight is 259 g/mol. The third-order valence-corrected chi connectivity index (χ3v) is 3.66. The Balaban J connectivity index is 1.43. The van der Waals surface area contributed by atoms with Crippen LogP contribution in [0.2, 0.25) is 0 Å². The first kappa shape index (κ1) is 12.7. The summed E-state index contributed by atoms with van der Waals surface area (Å²) in [4.78, 5) is 5.67. The first-order valence-corrected chi connectivity index (χ1v) is 6.99. The van der Waals surface area contributed by atoms with Gasteiger partial charge in [0.25, 0.3) is 0 Å². The molecule has 1 saturated heterocycles. The lowest BCUT2D eigenvalue weighted by Crippen LogP contribution is -2.40.